The lowest BCUT2D eigenvalue weighted by Gasteiger charge is -2.04. The second-order valence-corrected chi connectivity index (χ2v) is 2.46. The third-order valence-electron chi connectivity index (χ3n) is 1.46. The van der Waals surface area contributed by atoms with Gasteiger partial charge in [-0.05, 0) is 24.3 Å². The van der Waals surface area contributed by atoms with Crippen LogP contribution in [0.25, 0.3) is 6.08 Å². The van der Waals surface area contributed by atoms with Gasteiger partial charge in [-0.1, -0.05) is 0 Å². The Labute approximate surface area is 78.1 Å². The highest BCUT2D eigenvalue weighted by atomic mass is 19.4. The van der Waals surface area contributed by atoms with E-state index in [-0.39, 0.29) is 0 Å². The number of carbonyl (C=O) groups is 1. The lowest BCUT2D eigenvalue weighted by molar-refractivity contribution is -0.137. The van der Waals surface area contributed by atoms with Crippen molar-refractivity contribution < 1.29 is 18.0 Å². The maximum absolute atomic E-state index is 12.1. The fraction of sp³-hybridized carbons (Fsp3) is 0.111. The van der Waals surface area contributed by atoms with Crippen LogP contribution in [0.1, 0.15) is 11.3 Å². The van der Waals surface area contributed by atoms with Crippen molar-refractivity contribution in [1.29, 1.82) is 0 Å². The standard InChI is InChI=1S/C9H6F3NO/c10-9(11,12)7-3-4-8(13-6-7)2-1-5-14/h1-6H/b2-1+. The smallest absolute Gasteiger partial charge is 0.299 e. The Morgan fingerprint density at radius 3 is 2.43 bits per heavy atom. The summed E-state index contributed by atoms with van der Waals surface area (Å²) in [4.78, 5) is 13.4. The molecule has 0 bridgehead atoms. The van der Waals surface area contributed by atoms with Crippen molar-refractivity contribution in [2.75, 3.05) is 0 Å². The molecule has 0 aliphatic heterocycles. The Hall–Kier alpha value is -1.65. The summed E-state index contributed by atoms with van der Waals surface area (Å²) in [5, 5.41) is 0. The van der Waals surface area contributed by atoms with E-state index in [4.69, 9.17) is 0 Å². The first kappa shape index (κ1) is 10.4. The second-order valence-electron chi connectivity index (χ2n) is 2.46. The van der Waals surface area contributed by atoms with Gasteiger partial charge in [0.2, 0.25) is 0 Å². The van der Waals surface area contributed by atoms with E-state index < -0.39 is 11.7 Å². The Kier molecular flexibility index (Phi) is 3.01. The summed E-state index contributed by atoms with van der Waals surface area (Å²) in [7, 11) is 0. The van der Waals surface area contributed by atoms with Crippen molar-refractivity contribution >= 4 is 12.4 Å². The fourth-order valence-electron chi connectivity index (χ4n) is 0.809. The van der Waals surface area contributed by atoms with Gasteiger partial charge < -0.3 is 0 Å². The van der Waals surface area contributed by atoms with Crippen LogP contribution >= 0.6 is 0 Å². The molecule has 0 fully saturated rings. The van der Waals surface area contributed by atoms with E-state index in [1.54, 1.807) is 0 Å². The predicted octanol–water partition coefficient (Wildman–Crippen LogP) is 2.31. The molecule has 1 rings (SSSR count). The van der Waals surface area contributed by atoms with E-state index in [0.29, 0.717) is 12.0 Å². The number of alkyl halides is 3. The van der Waals surface area contributed by atoms with Crippen LogP contribution in [0.4, 0.5) is 13.2 Å². The predicted molar refractivity (Wildman–Crippen MR) is 44.3 cm³/mol. The van der Waals surface area contributed by atoms with Gasteiger partial charge in [0, 0.05) is 6.20 Å². The van der Waals surface area contributed by atoms with Crippen molar-refractivity contribution in [2.45, 2.75) is 6.18 Å². The number of carbonyl (C=O) groups excluding carboxylic acids is 1. The van der Waals surface area contributed by atoms with Gasteiger partial charge in [0.05, 0.1) is 11.3 Å². The summed E-state index contributed by atoms with van der Waals surface area (Å²) in [6, 6.07) is 2.11. The van der Waals surface area contributed by atoms with Crippen LogP contribution in [-0.2, 0) is 11.0 Å². The molecule has 0 N–H and O–H groups in total. The van der Waals surface area contributed by atoms with Crippen molar-refractivity contribution in [2.24, 2.45) is 0 Å². The van der Waals surface area contributed by atoms with E-state index in [1.807, 2.05) is 0 Å². The van der Waals surface area contributed by atoms with Crippen LogP contribution in [-0.4, -0.2) is 11.3 Å². The summed E-state index contributed by atoms with van der Waals surface area (Å²) < 4.78 is 36.2. The summed E-state index contributed by atoms with van der Waals surface area (Å²) in [5.41, 5.74) is -0.495. The average molecular weight is 201 g/mol. The molecule has 0 aliphatic carbocycles. The lowest BCUT2D eigenvalue weighted by atomic mass is 10.2. The normalized spacial score (nSPS) is 11.9. The molecule has 5 heteroatoms. The Bertz CT molecular complexity index is 340. The van der Waals surface area contributed by atoms with E-state index in [1.165, 1.54) is 12.1 Å². The maximum atomic E-state index is 12.1. The summed E-state index contributed by atoms with van der Waals surface area (Å²) in [5.74, 6) is 0. The number of nitrogens with zero attached hydrogens (tertiary/aromatic N) is 1. The quantitative estimate of drug-likeness (QED) is 0.542. The molecule has 1 aromatic rings. The van der Waals surface area contributed by atoms with Gasteiger partial charge in [-0.25, -0.2) is 0 Å². The zero-order valence-corrected chi connectivity index (χ0v) is 6.95. The first-order valence-electron chi connectivity index (χ1n) is 3.69. The highest BCUT2D eigenvalue weighted by molar-refractivity contribution is 5.72. The van der Waals surface area contributed by atoms with Crippen LogP contribution in [0.5, 0.6) is 0 Å². The van der Waals surface area contributed by atoms with Crippen LogP contribution in [0.3, 0.4) is 0 Å². The van der Waals surface area contributed by atoms with Gasteiger partial charge in [-0.3, -0.25) is 9.78 Å². The largest absolute Gasteiger partial charge is 0.417 e. The number of aromatic nitrogens is 1. The molecule has 1 heterocycles. The van der Waals surface area contributed by atoms with Crippen LogP contribution in [0.15, 0.2) is 24.4 Å². The molecule has 14 heavy (non-hydrogen) atoms. The molecule has 0 amide bonds. The number of hydrogen-bond acceptors (Lipinski definition) is 2. The van der Waals surface area contributed by atoms with Gasteiger partial charge in [0.1, 0.15) is 6.29 Å². The monoisotopic (exact) mass is 201 g/mol. The maximum Gasteiger partial charge on any atom is 0.417 e. The van der Waals surface area contributed by atoms with Gasteiger partial charge in [0.15, 0.2) is 0 Å². The molecule has 0 atom stereocenters. The number of hydrogen-bond donors (Lipinski definition) is 0. The van der Waals surface area contributed by atoms with E-state index in [9.17, 15) is 18.0 Å². The van der Waals surface area contributed by atoms with E-state index >= 15 is 0 Å². The second kappa shape index (κ2) is 4.04. The zero-order chi connectivity index (χ0) is 10.6. The van der Waals surface area contributed by atoms with Gasteiger partial charge in [-0.15, -0.1) is 0 Å². The third-order valence-corrected chi connectivity index (χ3v) is 1.46. The van der Waals surface area contributed by atoms with Crippen LogP contribution < -0.4 is 0 Å². The lowest BCUT2D eigenvalue weighted by Crippen LogP contribution is -2.05. The molecule has 0 spiro atoms. The first-order chi connectivity index (χ1) is 6.54. The minimum absolute atomic E-state index is 0.310. The van der Waals surface area contributed by atoms with E-state index in [0.717, 1.165) is 18.3 Å². The van der Waals surface area contributed by atoms with Crippen molar-refractivity contribution in [3.63, 3.8) is 0 Å². The molecule has 0 aromatic carbocycles. The fourth-order valence-corrected chi connectivity index (χ4v) is 0.809. The molecular formula is C9H6F3NO. The van der Waals surface area contributed by atoms with Gasteiger partial charge in [0.25, 0.3) is 0 Å². The number of halogens is 3. The molecule has 0 saturated heterocycles. The number of allylic oxidation sites excluding steroid dienone is 1. The van der Waals surface area contributed by atoms with Crippen LogP contribution in [0.2, 0.25) is 0 Å². The summed E-state index contributed by atoms with van der Waals surface area (Å²) in [6.45, 7) is 0. The Morgan fingerprint density at radius 1 is 1.29 bits per heavy atom. The number of pyridine rings is 1. The highest BCUT2D eigenvalue weighted by Gasteiger charge is 2.30. The molecule has 1 aromatic heterocycles. The third kappa shape index (κ3) is 2.69. The number of aldehydes is 1. The van der Waals surface area contributed by atoms with Crippen molar-refractivity contribution in [3.8, 4) is 0 Å². The molecular weight excluding hydrogens is 195 g/mol. The molecule has 74 valence electrons. The highest BCUT2D eigenvalue weighted by Crippen LogP contribution is 2.28. The SMILES string of the molecule is O=C/C=C/c1ccc(C(F)(F)F)cn1. The average Bonchev–Trinajstić information content (AvgIpc) is 2.14. The van der Waals surface area contributed by atoms with Crippen LogP contribution in [0, 0.1) is 0 Å². The van der Waals surface area contributed by atoms with Gasteiger partial charge >= 0.3 is 6.18 Å². The summed E-state index contributed by atoms with van der Waals surface area (Å²) >= 11 is 0. The first-order valence-corrected chi connectivity index (χ1v) is 3.69. The Morgan fingerprint density at radius 2 is 2.00 bits per heavy atom. The minimum atomic E-state index is -4.38. The van der Waals surface area contributed by atoms with Crippen molar-refractivity contribution in [3.05, 3.63) is 35.7 Å². The minimum Gasteiger partial charge on any atom is -0.299 e. The molecule has 0 unspecified atom stereocenters. The molecule has 0 aliphatic rings. The van der Waals surface area contributed by atoms with Gasteiger partial charge in [-0.2, -0.15) is 13.2 Å². The Balaban J connectivity index is 2.89. The molecule has 2 nitrogen and oxygen atoms in total. The summed E-state index contributed by atoms with van der Waals surface area (Å²) in [6.07, 6.45) is -0.632. The molecule has 0 saturated carbocycles. The molecule has 0 radical (unpaired) electrons. The zero-order valence-electron chi connectivity index (χ0n) is 6.95. The van der Waals surface area contributed by atoms with E-state index in [2.05, 4.69) is 4.98 Å². The number of rotatable bonds is 2. The van der Waals surface area contributed by atoms with Crippen molar-refractivity contribution in [1.82, 2.24) is 4.98 Å². The topological polar surface area (TPSA) is 30.0 Å².